The van der Waals surface area contributed by atoms with Crippen molar-refractivity contribution in [2.24, 2.45) is 0 Å². The first-order valence-electron chi connectivity index (χ1n) is 7.43. The summed E-state index contributed by atoms with van der Waals surface area (Å²) in [5.41, 5.74) is 1.27. The Morgan fingerprint density at radius 3 is 2.59 bits per heavy atom. The molecule has 0 saturated heterocycles. The first kappa shape index (κ1) is 16.4. The molecule has 0 spiro atoms. The highest BCUT2D eigenvalue weighted by molar-refractivity contribution is 7.15. The Morgan fingerprint density at radius 1 is 1.27 bits per heavy atom. The lowest BCUT2D eigenvalue weighted by Gasteiger charge is -2.06. The van der Waals surface area contributed by atoms with E-state index in [0.29, 0.717) is 16.8 Å². The van der Waals surface area contributed by atoms with E-state index in [0.717, 1.165) is 17.8 Å². The fourth-order valence-electron chi connectivity index (χ4n) is 1.86. The molecular formula is C16H21N3O2S. The van der Waals surface area contributed by atoms with Gasteiger partial charge in [0.05, 0.1) is 0 Å². The number of aromatic nitrogens is 2. The van der Waals surface area contributed by atoms with Crippen LogP contribution in [0.1, 0.15) is 43.7 Å². The van der Waals surface area contributed by atoms with Gasteiger partial charge in [-0.05, 0) is 24.1 Å². The number of hydrogen-bond acceptors (Lipinski definition) is 5. The molecule has 6 heteroatoms. The molecule has 0 fully saturated rings. The topological polar surface area (TPSA) is 64.1 Å². The SMILES string of the molecule is CCCc1ccc(OCC(=O)Nc2nnc(C(C)C)s2)cc1. The number of rotatable bonds is 7. The van der Waals surface area contributed by atoms with Crippen LogP contribution in [0.4, 0.5) is 5.13 Å². The third-order valence-electron chi connectivity index (χ3n) is 3.01. The minimum Gasteiger partial charge on any atom is -0.484 e. The van der Waals surface area contributed by atoms with Crippen LogP contribution < -0.4 is 10.1 Å². The summed E-state index contributed by atoms with van der Waals surface area (Å²) in [6, 6.07) is 7.83. The summed E-state index contributed by atoms with van der Waals surface area (Å²) in [7, 11) is 0. The Balaban J connectivity index is 1.81. The molecule has 1 amide bonds. The summed E-state index contributed by atoms with van der Waals surface area (Å²) in [6.07, 6.45) is 2.17. The van der Waals surface area contributed by atoms with Crippen molar-refractivity contribution in [3.63, 3.8) is 0 Å². The molecule has 0 aliphatic carbocycles. The minimum atomic E-state index is -0.232. The van der Waals surface area contributed by atoms with Crippen LogP contribution in [0, 0.1) is 0 Å². The van der Waals surface area contributed by atoms with Gasteiger partial charge in [-0.2, -0.15) is 0 Å². The zero-order chi connectivity index (χ0) is 15.9. The number of amides is 1. The Hall–Kier alpha value is -1.95. The van der Waals surface area contributed by atoms with E-state index in [-0.39, 0.29) is 12.5 Å². The molecule has 1 N–H and O–H groups in total. The lowest BCUT2D eigenvalue weighted by Crippen LogP contribution is -2.20. The van der Waals surface area contributed by atoms with E-state index in [2.05, 4.69) is 22.4 Å². The third kappa shape index (κ3) is 4.80. The van der Waals surface area contributed by atoms with Gasteiger partial charge in [0.15, 0.2) is 6.61 Å². The smallest absolute Gasteiger partial charge is 0.264 e. The van der Waals surface area contributed by atoms with E-state index >= 15 is 0 Å². The largest absolute Gasteiger partial charge is 0.484 e. The van der Waals surface area contributed by atoms with Crippen LogP contribution in [0.25, 0.3) is 0 Å². The number of aryl methyl sites for hydroxylation is 1. The highest BCUT2D eigenvalue weighted by atomic mass is 32.1. The van der Waals surface area contributed by atoms with Gasteiger partial charge >= 0.3 is 0 Å². The number of nitrogens with one attached hydrogen (secondary N) is 1. The van der Waals surface area contributed by atoms with E-state index in [4.69, 9.17) is 4.74 Å². The number of ether oxygens (including phenoxy) is 1. The van der Waals surface area contributed by atoms with Crippen LogP contribution in [0.3, 0.4) is 0 Å². The van der Waals surface area contributed by atoms with Crippen molar-refractivity contribution in [1.29, 1.82) is 0 Å². The summed E-state index contributed by atoms with van der Waals surface area (Å²) in [4.78, 5) is 11.8. The molecular weight excluding hydrogens is 298 g/mol. The maximum absolute atomic E-state index is 11.8. The summed E-state index contributed by atoms with van der Waals surface area (Å²) < 4.78 is 5.47. The Morgan fingerprint density at radius 2 is 2.00 bits per heavy atom. The van der Waals surface area contributed by atoms with Gasteiger partial charge < -0.3 is 4.74 Å². The maximum Gasteiger partial charge on any atom is 0.264 e. The second-order valence-corrected chi connectivity index (χ2v) is 6.34. The molecule has 0 bridgehead atoms. The Kier molecular flexibility index (Phi) is 5.89. The number of carbonyl (C=O) groups excluding carboxylic acids is 1. The minimum absolute atomic E-state index is 0.0380. The van der Waals surface area contributed by atoms with Gasteiger partial charge in [-0.1, -0.05) is 50.7 Å². The predicted molar refractivity (Wildman–Crippen MR) is 88.6 cm³/mol. The second-order valence-electron chi connectivity index (χ2n) is 5.33. The standard InChI is InChI=1S/C16H21N3O2S/c1-4-5-12-6-8-13(9-7-12)21-10-14(20)17-16-19-18-15(22-16)11(2)3/h6-9,11H,4-5,10H2,1-3H3,(H,17,19,20). The molecule has 5 nitrogen and oxygen atoms in total. The number of hydrogen-bond donors (Lipinski definition) is 1. The number of benzene rings is 1. The van der Waals surface area contributed by atoms with Crippen LogP contribution >= 0.6 is 11.3 Å². The van der Waals surface area contributed by atoms with Crippen molar-refractivity contribution >= 4 is 22.4 Å². The number of anilines is 1. The summed E-state index contributed by atoms with van der Waals surface area (Å²) in [6.45, 7) is 6.19. The van der Waals surface area contributed by atoms with Gasteiger partial charge in [0.2, 0.25) is 5.13 Å². The summed E-state index contributed by atoms with van der Waals surface area (Å²) in [5.74, 6) is 0.764. The fraction of sp³-hybridized carbons (Fsp3) is 0.438. The molecule has 0 radical (unpaired) electrons. The maximum atomic E-state index is 11.8. The molecule has 1 aromatic heterocycles. The monoisotopic (exact) mass is 319 g/mol. The van der Waals surface area contributed by atoms with Crippen LogP contribution in [0.15, 0.2) is 24.3 Å². The van der Waals surface area contributed by atoms with Crippen LogP contribution in [0.5, 0.6) is 5.75 Å². The lowest BCUT2D eigenvalue weighted by atomic mass is 10.1. The molecule has 0 aliphatic heterocycles. The molecule has 0 unspecified atom stereocenters. The van der Waals surface area contributed by atoms with E-state index in [1.807, 2.05) is 38.1 Å². The van der Waals surface area contributed by atoms with E-state index in [9.17, 15) is 4.79 Å². The van der Waals surface area contributed by atoms with E-state index < -0.39 is 0 Å². The zero-order valence-corrected chi connectivity index (χ0v) is 13.9. The average molecular weight is 319 g/mol. The van der Waals surface area contributed by atoms with Crippen molar-refractivity contribution in [3.05, 3.63) is 34.8 Å². The van der Waals surface area contributed by atoms with Crippen molar-refractivity contribution in [2.45, 2.75) is 39.5 Å². The molecule has 22 heavy (non-hydrogen) atoms. The fourth-order valence-corrected chi connectivity index (χ4v) is 2.63. The van der Waals surface area contributed by atoms with Crippen molar-refractivity contribution in [2.75, 3.05) is 11.9 Å². The van der Waals surface area contributed by atoms with Gasteiger partial charge in [0.1, 0.15) is 10.8 Å². The molecule has 2 aromatic rings. The molecule has 0 atom stereocenters. The first-order chi connectivity index (χ1) is 10.6. The highest BCUT2D eigenvalue weighted by Gasteiger charge is 2.10. The quantitative estimate of drug-likeness (QED) is 0.846. The second kappa shape index (κ2) is 7.89. The molecule has 0 saturated carbocycles. The highest BCUT2D eigenvalue weighted by Crippen LogP contribution is 2.22. The van der Waals surface area contributed by atoms with Gasteiger partial charge in [-0.3, -0.25) is 10.1 Å². The Labute approximate surface area is 134 Å². The van der Waals surface area contributed by atoms with Crippen LogP contribution in [0.2, 0.25) is 0 Å². The third-order valence-corrected chi connectivity index (χ3v) is 4.15. The van der Waals surface area contributed by atoms with Gasteiger partial charge in [-0.25, -0.2) is 0 Å². The van der Waals surface area contributed by atoms with Crippen molar-refractivity contribution in [1.82, 2.24) is 10.2 Å². The molecule has 1 heterocycles. The zero-order valence-electron chi connectivity index (χ0n) is 13.1. The van der Waals surface area contributed by atoms with Crippen molar-refractivity contribution < 1.29 is 9.53 Å². The van der Waals surface area contributed by atoms with Crippen molar-refractivity contribution in [3.8, 4) is 5.75 Å². The van der Waals surface area contributed by atoms with E-state index in [1.54, 1.807) is 0 Å². The summed E-state index contributed by atoms with van der Waals surface area (Å²) >= 11 is 1.39. The molecule has 0 aliphatic rings. The first-order valence-corrected chi connectivity index (χ1v) is 8.25. The van der Waals surface area contributed by atoms with Crippen LogP contribution in [-0.4, -0.2) is 22.7 Å². The average Bonchev–Trinajstić information content (AvgIpc) is 2.95. The predicted octanol–water partition coefficient (Wildman–Crippen LogP) is 3.63. The van der Waals surface area contributed by atoms with Gasteiger partial charge in [0.25, 0.3) is 5.91 Å². The number of nitrogens with zero attached hydrogens (tertiary/aromatic N) is 2. The van der Waals surface area contributed by atoms with Gasteiger partial charge in [-0.15, -0.1) is 10.2 Å². The van der Waals surface area contributed by atoms with Gasteiger partial charge in [0, 0.05) is 5.92 Å². The molecule has 1 aromatic carbocycles. The number of carbonyl (C=O) groups is 1. The molecule has 118 valence electrons. The molecule has 2 rings (SSSR count). The summed E-state index contributed by atoms with van der Waals surface area (Å²) in [5, 5.41) is 12.1. The normalized spacial score (nSPS) is 10.7. The lowest BCUT2D eigenvalue weighted by molar-refractivity contribution is -0.118. The van der Waals surface area contributed by atoms with E-state index in [1.165, 1.54) is 16.9 Å². The van der Waals surface area contributed by atoms with Crippen LogP contribution in [-0.2, 0) is 11.2 Å². The Bertz CT molecular complexity index is 608.